The van der Waals surface area contributed by atoms with Gasteiger partial charge in [-0.05, 0) is 96.7 Å². The van der Waals surface area contributed by atoms with Crippen LogP contribution in [0, 0.1) is 27.6 Å². The summed E-state index contributed by atoms with van der Waals surface area (Å²) < 4.78 is 0. The van der Waals surface area contributed by atoms with Gasteiger partial charge in [0.25, 0.3) is 0 Å². The first kappa shape index (κ1) is 23.1. The van der Waals surface area contributed by atoms with Gasteiger partial charge in [-0.1, -0.05) is 39.8 Å². The summed E-state index contributed by atoms with van der Waals surface area (Å²) in [7, 11) is 0. The Labute approximate surface area is 199 Å². The van der Waals surface area contributed by atoms with Gasteiger partial charge in [-0.3, -0.25) is 9.78 Å². The summed E-state index contributed by atoms with van der Waals surface area (Å²) >= 11 is 0. The fourth-order valence-electron chi connectivity index (χ4n) is 9.49. The van der Waals surface area contributed by atoms with Gasteiger partial charge in [0.1, 0.15) is 0 Å². The van der Waals surface area contributed by atoms with Gasteiger partial charge in [0.05, 0.1) is 6.10 Å². The van der Waals surface area contributed by atoms with E-state index in [0.717, 1.165) is 45.1 Å². The predicted octanol–water partition coefficient (Wildman–Crippen LogP) is 5.86. The van der Waals surface area contributed by atoms with Crippen molar-refractivity contribution in [1.82, 2.24) is 9.88 Å². The molecule has 3 fully saturated rings. The summed E-state index contributed by atoms with van der Waals surface area (Å²) in [4.78, 5) is 19.6. The van der Waals surface area contributed by atoms with Gasteiger partial charge in [0.15, 0.2) is 0 Å². The highest BCUT2D eigenvalue weighted by atomic mass is 16.3. The van der Waals surface area contributed by atoms with Crippen molar-refractivity contribution in [1.29, 1.82) is 0 Å². The number of allylic oxidation sites excluding steroid dienone is 2. The maximum Gasteiger partial charge on any atom is 0.219 e. The molecule has 2 saturated carbocycles. The Bertz CT molecular complexity index is 991. The molecule has 1 aromatic rings. The number of hydrogen-bond acceptors (Lipinski definition) is 3. The molecule has 1 amide bonds. The van der Waals surface area contributed by atoms with Gasteiger partial charge >= 0.3 is 0 Å². The number of carbonyl (C=O) groups excluding carboxylic acids is 1. The number of aromatic nitrogens is 1. The molecule has 4 aliphatic rings. The first-order valence-electron chi connectivity index (χ1n) is 13.0. The average Bonchev–Trinajstić information content (AvgIpc) is 3.00. The molecule has 0 aromatic carbocycles. The topological polar surface area (TPSA) is 53.4 Å². The molecule has 4 heteroatoms. The molecule has 180 valence electrons. The Morgan fingerprint density at radius 3 is 2.52 bits per heavy atom. The Balaban J connectivity index is 1.63. The van der Waals surface area contributed by atoms with Crippen LogP contribution < -0.4 is 0 Å². The van der Waals surface area contributed by atoms with Gasteiger partial charge in [-0.2, -0.15) is 0 Å². The number of rotatable bonds is 1. The van der Waals surface area contributed by atoms with E-state index in [1.54, 1.807) is 6.92 Å². The van der Waals surface area contributed by atoms with Crippen LogP contribution in [0.15, 0.2) is 30.6 Å². The number of fused-ring (bicyclic) bond motifs is 5. The van der Waals surface area contributed by atoms with Crippen LogP contribution >= 0.6 is 0 Å². The fraction of sp³-hybridized carbons (Fsp3) is 0.724. The van der Waals surface area contributed by atoms with E-state index >= 15 is 0 Å². The molecule has 2 heterocycles. The SMILES string of the molecule is CC(=O)N1CC[C@@H]2[C@](C)(CC[C@]3(C)C(c4cccnc4)=CC[C@@]23C)[C@@]2(C)CC[C@H](O)C[C@]12C. The molecule has 1 aromatic heterocycles. The number of pyridine rings is 1. The highest BCUT2D eigenvalue weighted by Crippen LogP contribution is 2.76. The molecule has 4 nitrogen and oxygen atoms in total. The molecule has 5 rings (SSSR count). The molecule has 1 aliphatic heterocycles. The number of carbonyl (C=O) groups is 1. The Kier molecular flexibility index (Phi) is 5.01. The van der Waals surface area contributed by atoms with Crippen molar-refractivity contribution in [3.8, 4) is 0 Å². The van der Waals surface area contributed by atoms with Crippen molar-refractivity contribution in [3.05, 3.63) is 36.2 Å². The predicted molar refractivity (Wildman–Crippen MR) is 132 cm³/mol. The lowest BCUT2D eigenvalue weighted by molar-refractivity contribution is -0.191. The lowest BCUT2D eigenvalue weighted by atomic mass is 9.37. The minimum absolute atomic E-state index is 0.0343. The normalized spacial score (nSPS) is 47.1. The van der Waals surface area contributed by atoms with E-state index in [4.69, 9.17) is 0 Å². The van der Waals surface area contributed by atoms with Crippen LogP contribution in [0.1, 0.15) is 92.1 Å². The highest BCUT2D eigenvalue weighted by Gasteiger charge is 2.71. The van der Waals surface area contributed by atoms with Crippen molar-refractivity contribution in [2.24, 2.45) is 27.6 Å². The first-order valence-corrected chi connectivity index (χ1v) is 13.0. The minimum Gasteiger partial charge on any atom is -0.393 e. The van der Waals surface area contributed by atoms with Crippen LogP contribution in [0.5, 0.6) is 0 Å². The van der Waals surface area contributed by atoms with Crippen LogP contribution in [-0.2, 0) is 4.79 Å². The van der Waals surface area contributed by atoms with E-state index < -0.39 is 0 Å². The van der Waals surface area contributed by atoms with E-state index in [0.29, 0.717) is 12.3 Å². The second kappa shape index (κ2) is 7.16. The Morgan fingerprint density at radius 2 is 1.85 bits per heavy atom. The second-order valence-electron chi connectivity index (χ2n) is 12.7. The van der Waals surface area contributed by atoms with Crippen LogP contribution in [0.3, 0.4) is 0 Å². The van der Waals surface area contributed by atoms with E-state index in [-0.39, 0.29) is 39.2 Å². The molecule has 0 spiro atoms. The molecule has 0 radical (unpaired) electrons. The van der Waals surface area contributed by atoms with Crippen LogP contribution in [0.2, 0.25) is 0 Å². The third-order valence-electron chi connectivity index (χ3n) is 11.9. The summed E-state index contributed by atoms with van der Waals surface area (Å²) in [6.45, 7) is 14.9. The van der Waals surface area contributed by atoms with E-state index in [1.807, 2.05) is 12.4 Å². The molecule has 3 aliphatic carbocycles. The Hall–Kier alpha value is -1.68. The molecular formula is C29H42N2O2. The molecular weight excluding hydrogens is 408 g/mol. The van der Waals surface area contributed by atoms with Crippen LogP contribution in [0.25, 0.3) is 5.57 Å². The number of amides is 1. The first-order chi connectivity index (χ1) is 15.4. The molecule has 1 saturated heterocycles. The van der Waals surface area contributed by atoms with Crippen molar-refractivity contribution in [2.75, 3.05) is 6.54 Å². The van der Waals surface area contributed by atoms with Gasteiger partial charge < -0.3 is 10.0 Å². The zero-order chi connectivity index (χ0) is 23.9. The molecule has 1 N–H and O–H groups in total. The van der Waals surface area contributed by atoms with E-state index in [9.17, 15) is 9.90 Å². The molecule has 0 bridgehead atoms. The summed E-state index contributed by atoms with van der Waals surface area (Å²) in [6.07, 6.45) is 13.0. The summed E-state index contributed by atoms with van der Waals surface area (Å²) in [5, 5.41) is 10.7. The number of aliphatic hydroxyl groups is 1. The number of nitrogens with zero attached hydrogens (tertiary/aromatic N) is 2. The van der Waals surface area contributed by atoms with Crippen LogP contribution in [0.4, 0.5) is 0 Å². The third-order valence-corrected chi connectivity index (χ3v) is 11.9. The quantitative estimate of drug-likeness (QED) is 0.583. The van der Waals surface area contributed by atoms with Gasteiger partial charge in [0.2, 0.25) is 5.91 Å². The monoisotopic (exact) mass is 450 g/mol. The van der Waals surface area contributed by atoms with Crippen LogP contribution in [-0.4, -0.2) is 39.1 Å². The third kappa shape index (κ3) is 2.73. The van der Waals surface area contributed by atoms with Crippen molar-refractivity contribution in [2.45, 2.75) is 98.1 Å². The zero-order valence-electron chi connectivity index (χ0n) is 21.4. The van der Waals surface area contributed by atoms with Crippen molar-refractivity contribution in [3.63, 3.8) is 0 Å². The van der Waals surface area contributed by atoms with Gasteiger partial charge in [-0.25, -0.2) is 0 Å². The standard InChI is InChI=1S/C29H42N2O2/c1-20(32)31-17-11-24-26(3)12-10-23(21-8-7-16-30-19-21)25(26,2)14-15-27(24,4)28(5)13-9-22(33)18-29(28,31)6/h7-8,10,16,19,22,24,33H,9,11-15,17-18H2,1-6H3/t22-,24-,25+,26-,27-,28+,29-/m0/s1. The van der Waals surface area contributed by atoms with Gasteiger partial charge in [0, 0.05) is 31.4 Å². The highest BCUT2D eigenvalue weighted by molar-refractivity contribution is 5.75. The minimum atomic E-state index is -0.320. The molecule has 7 atom stereocenters. The smallest absolute Gasteiger partial charge is 0.219 e. The summed E-state index contributed by atoms with van der Waals surface area (Å²) in [5.74, 6) is 0.673. The number of hydrogen-bond donors (Lipinski definition) is 1. The lowest BCUT2D eigenvalue weighted by Gasteiger charge is -2.68. The zero-order valence-corrected chi connectivity index (χ0v) is 21.4. The fourth-order valence-corrected chi connectivity index (χ4v) is 9.49. The average molecular weight is 451 g/mol. The maximum atomic E-state index is 13.0. The van der Waals surface area contributed by atoms with Crippen molar-refractivity contribution >= 4 is 11.5 Å². The lowest BCUT2D eigenvalue weighted by Crippen LogP contribution is -2.68. The van der Waals surface area contributed by atoms with Crippen molar-refractivity contribution < 1.29 is 9.90 Å². The van der Waals surface area contributed by atoms with E-state index in [1.165, 1.54) is 11.1 Å². The summed E-state index contributed by atoms with van der Waals surface area (Å²) in [5.41, 5.74) is 2.74. The van der Waals surface area contributed by atoms with Gasteiger partial charge in [-0.15, -0.1) is 0 Å². The molecule has 0 unspecified atom stereocenters. The maximum absolute atomic E-state index is 13.0. The van der Waals surface area contributed by atoms with E-state index in [2.05, 4.69) is 62.7 Å². The molecule has 33 heavy (non-hydrogen) atoms. The second-order valence-corrected chi connectivity index (χ2v) is 12.7. The largest absolute Gasteiger partial charge is 0.393 e. The summed E-state index contributed by atoms with van der Waals surface area (Å²) in [6, 6.07) is 4.27. The number of likely N-dealkylation sites (tertiary alicyclic amines) is 1. The Morgan fingerprint density at radius 1 is 1.09 bits per heavy atom. The number of aliphatic hydroxyl groups excluding tert-OH is 1.